The van der Waals surface area contributed by atoms with Crippen molar-refractivity contribution in [1.82, 2.24) is 0 Å². The van der Waals surface area contributed by atoms with Gasteiger partial charge in [-0.15, -0.1) is 0 Å². The number of hydrogen-bond donors (Lipinski definition) is 1. The molecule has 1 rings (SSSR count). The monoisotopic (exact) mass is 236 g/mol. The number of methoxy groups -OCH3 is 1. The summed E-state index contributed by atoms with van der Waals surface area (Å²) in [7, 11) is 1.36. The minimum Gasteiger partial charge on any atom is -0.469 e. The molecule has 0 amide bonds. The van der Waals surface area contributed by atoms with Crippen LogP contribution < -0.4 is 0 Å². The number of esters is 1. The molecule has 1 N–H and O–H groups in total. The normalized spacial score (nSPS) is 12.2. The van der Waals surface area contributed by atoms with E-state index in [0.29, 0.717) is 6.42 Å². The first-order valence-electron chi connectivity index (χ1n) is 6.01. The van der Waals surface area contributed by atoms with Gasteiger partial charge in [-0.1, -0.05) is 37.6 Å². The first-order chi connectivity index (χ1) is 8.17. The molecule has 0 spiro atoms. The molecule has 1 unspecified atom stereocenters. The van der Waals surface area contributed by atoms with Gasteiger partial charge in [0, 0.05) is 6.42 Å². The van der Waals surface area contributed by atoms with Crippen molar-refractivity contribution in [2.45, 2.75) is 38.7 Å². The number of aliphatic hydroxyl groups is 1. The smallest absolute Gasteiger partial charge is 0.305 e. The molecule has 0 saturated heterocycles. The molecule has 0 aliphatic carbocycles. The maximum absolute atomic E-state index is 11.0. The molecule has 3 heteroatoms. The largest absolute Gasteiger partial charge is 0.469 e. The Morgan fingerprint density at radius 1 is 1.35 bits per heavy atom. The van der Waals surface area contributed by atoms with E-state index < -0.39 is 6.10 Å². The summed E-state index contributed by atoms with van der Waals surface area (Å²) in [5.74, 6) is -0.286. The molecule has 0 aliphatic heterocycles. The van der Waals surface area contributed by atoms with Gasteiger partial charge < -0.3 is 9.84 Å². The molecule has 1 atom stereocenters. The highest BCUT2D eigenvalue weighted by Crippen LogP contribution is 2.19. The van der Waals surface area contributed by atoms with Crippen LogP contribution in [0.3, 0.4) is 0 Å². The van der Waals surface area contributed by atoms with E-state index >= 15 is 0 Å². The molecular weight excluding hydrogens is 216 g/mol. The summed E-state index contributed by atoms with van der Waals surface area (Å²) < 4.78 is 4.54. The molecule has 17 heavy (non-hydrogen) atoms. The van der Waals surface area contributed by atoms with E-state index in [-0.39, 0.29) is 12.4 Å². The summed E-state index contributed by atoms with van der Waals surface area (Å²) in [6.45, 7) is 2.14. The minimum absolute atomic E-state index is 0.244. The van der Waals surface area contributed by atoms with Gasteiger partial charge in [0.2, 0.25) is 0 Å². The number of hydrogen-bond acceptors (Lipinski definition) is 3. The number of rotatable bonds is 6. The van der Waals surface area contributed by atoms with Crippen molar-refractivity contribution in [2.24, 2.45) is 0 Å². The van der Waals surface area contributed by atoms with Crippen LogP contribution in [0.15, 0.2) is 24.3 Å². The molecule has 0 fully saturated rings. The van der Waals surface area contributed by atoms with Crippen molar-refractivity contribution in [2.75, 3.05) is 7.11 Å². The molecule has 0 aliphatic rings. The van der Waals surface area contributed by atoms with Gasteiger partial charge in [0.1, 0.15) is 0 Å². The molecule has 0 saturated carbocycles. The Morgan fingerprint density at radius 3 is 2.53 bits per heavy atom. The summed E-state index contributed by atoms with van der Waals surface area (Å²) in [5, 5.41) is 9.88. The zero-order chi connectivity index (χ0) is 12.7. The quantitative estimate of drug-likeness (QED) is 0.772. The van der Waals surface area contributed by atoms with E-state index in [0.717, 1.165) is 18.4 Å². The van der Waals surface area contributed by atoms with Gasteiger partial charge in [-0.25, -0.2) is 0 Å². The highest BCUT2D eigenvalue weighted by atomic mass is 16.5. The lowest BCUT2D eigenvalue weighted by atomic mass is 10.0. The lowest BCUT2D eigenvalue weighted by molar-refractivity contribution is -0.141. The highest BCUT2D eigenvalue weighted by molar-refractivity contribution is 5.69. The van der Waals surface area contributed by atoms with Crippen LogP contribution in [0, 0.1) is 0 Å². The second-order valence-corrected chi connectivity index (χ2v) is 4.12. The third kappa shape index (κ3) is 4.57. The van der Waals surface area contributed by atoms with Crippen LogP contribution in [0.25, 0.3) is 0 Å². The zero-order valence-electron chi connectivity index (χ0n) is 10.5. The maximum atomic E-state index is 11.0. The fraction of sp³-hybridized carbons (Fsp3) is 0.500. The number of aliphatic hydroxyl groups excluding tert-OH is 1. The van der Waals surface area contributed by atoms with Crippen LogP contribution in [0.2, 0.25) is 0 Å². The third-order valence-corrected chi connectivity index (χ3v) is 2.75. The fourth-order valence-corrected chi connectivity index (χ4v) is 1.72. The average molecular weight is 236 g/mol. The second kappa shape index (κ2) is 7.07. The molecular formula is C14H20O3. The topological polar surface area (TPSA) is 46.5 Å². The first kappa shape index (κ1) is 13.7. The number of aryl methyl sites for hydroxylation is 1. The Hall–Kier alpha value is -1.35. The van der Waals surface area contributed by atoms with Crippen LogP contribution >= 0.6 is 0 Å². The van der Waals surface area contributed by atoms with E-state index in [1.165, 1.54) is 12.7 Å². The molecule has 1 aromatic rings. The minimum atomic E-state index is -0.593. The van der Waals surface area contributed by atoms with Crippen LogP contribution in [-0.2, 0) is 16.0 Å². The van der Waals surface area contributed by atoms with Crippen LogP contribution in [0.4, 0.5) is 0 Å². The zero-order valence-corrected chi connectivity index (χ0v) is 10.5. The molecule has 0 heterocycles. The second-order valence-electron chi connectivity index (χ2n) is 4.12. The average Bonchev–Trinajstić information content (AvgIpc) is 2.36. The van der Waals surface area contributed by atoms with Crippen LogP contribution in [-0.4, -0.2) is 18.2 Å². The Kier molecular flexibility index (Phi) is 5.70. The number of carbonyl (C=O) groups excluding carboxylic acids is 1. The van der Waals surface area contributed by atoms with Gasteiger partial charge in [0.15, 0.2) is 0 Å². The molecule has 3 nitrogen and oxygen atoms in total. The van der Waals surface area contributed by atoms with Gasteiger partial charge in [-0.3, -0.25) is 4.79 Å². The van der Waals surface area contributed by atoms with E-state index in [1.54, 1.807) is 0 Å². The standard InChI is InChI=1S/C14H20O3/c1-3-4-11-5-7-12(8-6-11)13(15)9-10-14(16)17-2/h5-8,13,15H,3-4,9-10H2,1-2H3. The van der Waals surface area contributed by atoms with Crippen molar-refractivity contribution in [3.8, 4) is 0 Å². The molecule has 0 aromatic heterocycles. The summed E-state index contributed by atoms with van der Waals surface area (Å²) in [5.41, 5.74) is 2.13. The van der Waals surface area contributed by atoms with Crippen molar-refractivity contribution in [1.29, 1.82) is 0 Å². The van der Waals surface area contributed by atoms with Crippen molar-refractivity contribution < 1.29 is 14.6 Å². The van der Waals surface area contributed by atoms with E-state index in [9.17, 15) is 9.90 Å². The highest BCUT2D eigenvalue weighted by Gasteiger charge is 2.10. The molecule has 1 aromatic carbocycles. The summed E-state index contributed by atoms with van der Waals surface area (Å²) in [6, 6.07) is 7.90. The summed E-state index contributed by atoms with van der Waals surface area (Å²) in [6.07, 6.45) is 2.22. The number of benzene rings is 1. The Bertz CT molecular complexity index is 343. The Balaban J connectivity index is 2.51. The Morgan fingerprint density at radius 2 is 2.00 bits per heavy atom. The van der Waals surface area contributed by atoms with Gasteiger partial charge in [0.05, 0.1) is 13.2 Å². The SMILES string of the molecule is CCCc1ccc(C(O)CCC(=O)OC)cc1. The summed E-state index contributed by atoms with van der Waals surface area (Å²) in [4.78, 5) is 11.0. The summed E-state index contributed by atoms with van der Waals surface area (Å²) >= 11 is 0. The third-order valence-electron chi connectivity index (χ3n) is 2.75. The maximum Gasteiger partial charge on any atom is 0.305 e. The van der Waals surface area contributed by atoms with Crippen molar-refractivity contribution >= 4 is 5.97 Å². The lowest BCUT2D eigenvalue weighted by Gasteiger charge is -2.10. The molecule has 0 bridgehead atoms. The van der Waals surface area contributed by atoms with E-state index in [4.69, 9.17) is 0 Å². The lowest BCUT2D eigenvalue weighted by Crippen LogP contribution is -2.04. The predicted octanol–water partition coefficient (Wildman–Crippen LogP) is 2.63. The van der Waals surface area contributed by atoms with Gasteiger partial charge in [-0.2, -0.15) is 0 Å². The van der Waals surface area contributed by atoms with Crippen LogP contribution in [0.5, 0.6) is 0 Å². The number of carbonyl (C=O) groups is 1. The van der Waals surface area contributed by atoms with E-state index in [1.807, 2.05) is 24.3 Å². The Labute approximate surface area is 102 Å². The van der Waals surface area contributed by atoms with Gasteiger partial charge >= 0.3 is 5.97 Å². The molecule has 0 radical (unpaired) electrons. The predicted molar refractivity (Wildman–Crippen MR) is 66.6 cm³/mol. The van der Waals surface area contributed by atoms with Crippen molar-refractivity contribution in [3.63, 3.8) is 0 Å². The fourth-order valence-electron chi connectivity index (χ4n) is 1.72. The first-order valence-corrected chi connectivity index (χ1v) is 6.01. The van der Waals surface area contributed by atoms with Crippen LogP contribution in [0.1, 0.15) is 43.4 Å². The van der Waals surface area contributed by atoms with E-state index in [2.05, 4.69) is 11.7 Å². The van der Waals surface area contributed by atoms with Gasteiger partial charge in [0.25, 0.3) is 0 Å². The van der Waals surface area contributed by atoms with Gasteiger partial charge in [-0.05, 0) is 24.0 Å². The van der Waals surface area contributed by atoms with Crippen molar-refractivity contribution in [3.05, 3.63) is 35.4 Å². The number of ether oxygens (including phenoxy) is 1. The molecule has 94 valence electrons.